The van der Waals surface area contributed by atoms with Gasteiger partial charge in [0.05, 0.1) is 24.1 Å². The Balaban J connectivity index is 1.68. The van der Waals surface area contributed by atoms with Crippen molar-refractivity contribution in [1.82, 2.24) is 14.3 Å². The number of benzene rings is 2. The van der Waals surface area contributed by atoms with Crippen LogP contribution in [0.25, 0.3) is 11.5 Å². The van der Waals surface area contributed by atoms with E-state index in [4.69, 9.17) is 4.74 Å². The predicted molar refractivity (Wildman–Crippen MR) is 113 cm³/mol. The molecule has 0 aliphatic carbocycles. The van der Waals surface area contributed by atoms with Crippen molar-refractivity contribution in [1.29, 1.82) is 0 Å². The molecule has 0 bridgehead atoms. The number of esters is 1. The van der Waals surface area contributed by atoms with Gasteiger partial charge in [0, 0.05) is 18.1 Å². The number of carbonyl (C=O) groups is 2. The summed E-state index contributed by atoms with van der Waals surface area (Å²) >= 11 is 0. The highest BCUT2D eigenvalue weighted by Crippen LogP contribution is 2.22. The molecule has 1 amide bonds. The number of hydrogen-bond donors (Lipinski definition) is 1. The van der Waals surface area contributed by atoms with Crippen LogP contribution in [-0.2, 0) is 4.74 Å². The third-order valence-electron chi connectivity index (χ3n) is 4.54. The van der Waals surface area contributed by atoms with Crippen LogP contribution >= 0.6 is 0 Å². The van der Waals surface area contributed by atoms with E-state index in [1.807, 2.05) is 12.1 Å². The Kier molecular flexibility index (Phi) is 5.61. The van der Waals surface area contributed by atoms with Crippen LogP contribution in [0.2, 0.25) is 0 Å². The van der Waals surface area contributed by atoms with Crippen molar-refractivity contribution in [3.05, 3.63) is 96.2 Å². The first-order valence-corrected chi connectivity index (χ1v) is 9.62. The Labute approximate surface area is 177 Å². The van der Waals surface area contributed by atoms with Gasteiger partial charge in [0.2, 0.25) is 0 Å². The molecule has 31 heavy (non-hydrogen) atoms. The molecule has 7 nitrogen and oxygen atoms in total. The lowest BCUT2D eigenvalue weighted by atomic mass is 10.2. The zero-order chi connectivity index (χ0) is 21.8. The third kappa shape index (κ3) is 4.23. The molecule has 2 aromatic heterocycles. The molecule has 2 aromatic carbocycles. The number of carbonyl (C=O) groups excluding carboxylic acids is 2. The second-order valence-corrected chi connectivity index (χ2v) is 6.62. The Morgan fingerprint density at radius 3 is 2.52 bits per heavy atom. The average Bonchev–Trinajstić information content (AvgIpc) is 3.44. The minimum absolute atomic E-state index is 0.262. The third-order valence-corrected chi connectivity index (χ3v) is 4.54. The molecule has 0 spiro atoms. The highest BCUT2D eigenvalue weighted by molar-refractivity contribution is 6.07. The monoisotopic (exact) mass is 418 g/mol. The first-order valence-electron chi connectivity index (χ1n) is 9.62. The van der Waals surface area contributed by atoms with E-state index in [-0.39, 0.29) is 12.4 Å². The summed E-state index contributed by atoms with van der Waals surface area (Å²) in [5.74, 6) is -0.734. The van der Waals surface area contributed by atoms with Crippen molar-refractivity contribution in [2.75, 3.05) is 11.9 Å². The maximum Gasteiger partial charge on any atom is 0.338 e. The number of halogens is 1. The lowest BCUT2D eigenvalue weighted by molar-refractivity contribution is 0.0526. The van der Waals surface area contributed by atoms with Crippen LogP contribution in [0.5, 0.6) is 0 Å². The van der Waals surface area contributed by atoms with Gasteiger partial charge in [0.25, 0.3) is 5.91 Å². The lowest BCUT2D eigenvalue weighted by Crippen LogP contribution is -2.16. The highest BCUT2D eigenvalue weighted by Gasteiger charge is 2.20. The Morgan fingerprint density at radius 1 is 1.06 bits per heavy atom. The number of hydrogen-bond acceptors (Lipinski definition) is 4. The van der Waals surface area contributed by atoms with Gasteiger partial charge in [-0.15, -0.1) is 0 Å². The fourth-order valence-corrected chi connectivity index (χ4v) is 3.13. The van der Waals surface area contributed by atoms with Crippen molar-refractivity contribution in [3.8, 4) is 11.5 Å². The molecule has 1 N–H and O–H groups in total. The van der Waals surface area contributed by atoms with E-state index in [2.05, 4.69) is 10.4 Å². The van der Waals surface area contributed by atoms with Crippen LogP contribution in [0.15, 0.2) is 79.3 Å². The maximum atomic E-state index is 13.4. The van der Waals surface area contributed by atoms with Gasteiger partial charge in [-0.05, 0) is 61.5 Å². The normalized spacial score (nSPS) is 10.6. The molecular weight excluding hydrogens is 399 g/mol. The molecule has 156 valence electrons. The van der Waals surface area contributed by atoms with Crippen LogP contribution in [0.3, 0.4) is 0 Å². The molecule has 0 saturated heterocycles. The molecule has 0 aliphatic rings. The minimum Gasteiger partial charge on any atom is -0.462 e. The van der Waals surface area contributed by atoms with Gasteiger partial charge in [-0.3, -0.25) is 4.79 Å². The number of aromatic nitrogens is 3. The Hall–Kier alpha value is -4.20. The molecule has 0 aliphatic heterocycles. The fourth-order valence-electron chi connectivity index (χ4n) is 3.13. The van der Waals surface area contributed by atoms with Crippen molar-refractivity contribution >= 4 is 17.6 Å². The molecule has 0 atom stereocenters. The summed E-state index contributed by atoms with van der Waals surface area (Å²) in [6.45, 7) is 1.99. The van der Waals surface area contributed by atoms with E-state index in [9.17, 15) is 14.0 Å². The second kappa shape index (κ2) is 8.66. The van der Waals surface area contributed by atoms with Crippen LogP contribution in [0.4, 0.5) is 10.1 Å². The van der Waals surface area contributed by atoms with Crippen LogP contribution in [-0.4, -0.2) is 32.8 Å². The number of nitrogens with one attached hydrogen (secondary N) is 1. The molecule has 0 fully saturated rings. The van der Waals surface area contributed by atoms with E-state index in [0.717, 1.165) is 0 Å². The molecule has 0 saturated carbocycles. The standard InChI is InChI=1S/C23H19FN4O3/c1-2-31-23(30)16-6-5-7-18(14-16)26-21(29)20-15-25-28(19-10-8-17(24)9-11-19)22(20)27-12-3-4-13-27/h3-15H,2H2,1H3,(H,26,29). The second-order valence-electron chi connectivity index (χ2n) is 6.62. The van der Waals surface area contributed by atoms with Crippen molar-refractivity contribution < 1.29 is 18.7 Å². The van der Waals surface area contributed by atoms with Gasteiger partial charge < -0.3 is 14.6 Å². The molecule has 8 heteroatoms. The maximum absolute atomic E-state index is 13.4. The molecule has 4 aromatic rings. The predicted octanol–water partition coefficient (Wildman–Crippen LogP) is 4.23. The van der Waals surface area contributed by atoms with Crippen LogP contribution < -0.4 is 5.32 Å². The van der Waals surface area contributed by atoms with Gasteiger partial charge in [0.15, 0.2) is 5.82 Å². The van der Waals surface area contributed by atoms with Crippen LogP contribution in [0, 0.1) is 5.82 Å². The van der Waals surface area contributed by atoms with E-state index < -0.39 is 11.9 Å². The Morgan fingerprint density at radius 2 is 1.81 bits per heavy atom. The van der Waals surface area contributed by atoms with E-state index in [1.165, 1.54) is 18.3 Å². The number of anilines is 1. The summed E-state index contributed by atoms with van der Waals surface area (Å²) < 4.78 is 21.7. The number of ether oxygens (including phenoxy) is 1. The van der Waals surface area contributed by atoms with Gasteiger partial charge in [-0.1, -0.05) is 6.07 Å². The minimum atomic E-state index is -0.462. The SMILES string of the molecule is CCOC(=O)c1cccc(NC(=O)c2cnn(-c3ccc(F)cc3)c2-n2cccc2)c1. The van der Waals surface area contributed by atoms with Gasteiger partial charge in [0.1, 0.15) is 11.4 Å². The Bertz CT molecular complexity index is 1210. The zero-order valence-electron chi connectivity index (χ0n) is 16.7. The van der Waals surface area contributed by atoms with Gasteiger partial charge in [-0.25, -0.2) is 13.9 Å². The molecule has 0 unspecified atom stereocenters. The van der Waals surface area contributed by atoms with E-state index in [0.29, 0.717) is 28.3 Å². The first-order chi connectivity index (χ1) is 15.1. The van der Waals surface area contributed by atoms with Crippen molar-refractivity contribution in [2.45, 2.75) is 6.92 Å². The first kappa shape index (κ1) is 20.1. The number of nitrogens with zero attached hydrogens (tertiary/aromatic N) is 3. The number of amides is 1. The molecule has 2 heterocycles. The summed E-state index contributed by atoms with van der Waals surface area (Å²) in [5.41, 5.74) is 1.70. The molecule has 0 radical (unpaired) electrons. The van der Waals surface area contributed by atoms with E-state index in [1.54, 1.807) is 65.0 Å². The molecule has 4 rings (SSSR count). The summed E-state index contributed by atoms with van der Waals surface area (Å²) in [6.07, 6.45) is 5.02. The fraction of sp³-hybridized carbons (Fsp3) is 0.0870. The van der Waals surface area contributed by atoms with E-state index >= 15 is 0 Å². The van der Waals surface area contributed by atoms with Gasteiger partial charge >= 0.3 is 5.97 Å². The topological polar surface area (TPSA) is 78.2 Å². The molecular formula is C23H19FN4O3. The average molecular weight is 418 g/mol. The van der Waals surface area contributed by atoms with Crippen LogP contribution in [0.1, 0.15) is 27.6 Å². The summed E-state index contributed by atoms with van der Waals surface area (Å²) in [4.78, 5) is 25.0. The largest absolute Gasteiger partial charge is 0.462 e. The van der Waals surface area contributed by atoms with Crippen molar-refractivity contribution in [2.24, 2.45) is 0 Å². The number of rotatable bonds is 6. The quantitative estimate of drug-likeness (QED) is 0.476. The van der Waals surface area contributed by atoms with Gasteiger partial charge in [-0.2, -0.15) is 5.10 Å². The summed E-state index contributed by atoms with van der Waals surface area (Å²) in [6, 6.07) is 16.0. The lowest BCUT2D eigenvalue weighted by Gasteiger charge is -2.11. The highest BCUT2D eigenvalue weighted by atomic mass is 19.1. The van der Waals surface area contributed by atoms with Crippen molar-refractivity contribution in [3.63, 3.8) is 0 Å². The smallest absolute Gasteiger partial charge is 0.338 e. The zero-order valence-corrected chi connectivity index (χ0v) is 16.7. The summed E-state index contributed by atoms with van der Waals surface area (Å²) in [7, 11) is 0. The summed E-state index contributed by atoms with van der Waals surface area (Å²) in [5, 5.41) is 7.14.